The summed E-state index contributed by atoms with van der Waals surface area (Å²) in [5.41, 5.74) is 4.30. The van der Waals surface area contributed by atoms with Gasteiger partial charge in [-0.1, -0.05) is 18.6 Å². The highest BCUT2D eigenvalue weighted by Gasteiger charge is 2.03. The number of allylic oxidation sites excluding steroid dienone is 2. The molecule has 0 aliphatic rings. The fourth-order valence-corrected chi connectivity index (χ4v) is 1.79. The highest BCUT2D eigenvalue weighted by molar-refractivity contribution is 5.94. The lowest BCUT2D eigenvalue weighted by atomic mass is 10.0. The fraction of sp³-hybridized carbons (Fsp3) is 0.412. The molecule has 1 rings (SSSR count). The number of benzene rings is 1. The Morgan fingerprint density at radius 3 is 2.62 bits per heavy atom. The van der Waals surface area contributed by atoms with Crippen molar-refractivity contribution in [1.82, 2.24) is 5.43 Å². The minimum absolute atomic E-state index is 0.139. The molecule has 0 radical (unpaired) electrons. The van der Waals surface area contributed by atoms with Gasteiger partial charge in [-0.15, -0.1) is 0 Å². The van der Waals surface area contributed by atoms with Gasteiger partial charge in [-0.3, -0.25) is 4.79 Å². The van der Waals surface area contributed by atoms with E-state index in [1.54, 1.807) is 18.3 Å². The normalized spacial score (nSPS) is 12.1. The van der Waals surface area contributed by atoms with E-state index in [9.17, 15) is 4.79 Å². The summed E-state index contributed by atoms with van der Waals surface area (Å²) >= 11 is 0. The van der Waals surface area contributed by atoms with E-state index in [0.29, 0.717) is 11.5 Å². The van der Waals surface area contributed by atoms with E-state index >= 15 is 0 Å². The van der Waals surface area contributed by atoms with Gasteiger partial charge >= 0.3 is 0 Å². The van der Waals surface area contributed by atoms with Crippen LogP contribution in [0.15, 0.2) is 41.0 Å². The van der Waals surface area contributed by atoms with Crippen LogP contribution in [0, 0.1) is 5.92 Å². The minimum atomic E-state index is -0.275. The zero-order valence-electron chi connectivity index (χ0n) is 13.0. The summed E-state index contributed by atoms with van der Waals surface area (Å²) in [7, 11) is 0. The van der Waals surface area contributed by atoms with Gasteiger partial charge in [0.05, 0.1) is 0 Å². The first kappa shape index (κ1) is 17.0. The predicted octanol–water partition coefficient (Wildman–Crippen LogP) is 3.88. The third-order valence-corrected chi connectivity index (χ3v) is 3.11. The first-order valence-electron chi connectivity index (χ1n) is 7.23. The Hall–Kier alpha value is -2.10. The monoisotopic (exact) mass is 288 g/mol. The molecule has 0 spiro atoms. The number of carbonyl (C=O) groups is 1. The largest absolute Gasteiger partial charge is 0.508 e. The van der Waals surface area contributed by atoms with Crippen LogP contribution < -0.4 is 5.43 Å². The molecule has 0 aliphatic carbocycles. The Morgan fingerprint density at radius 2 is 2.00 bits per heavy atom. The second-order valence-corrected chi connectivity index (χ2v) is 5.50. The zero-order valence-corrected chi connectivity index (χ0v) is 13.0. The predicted molar refractivity (Wildman–Crippen MR) is 86.5 cm³/mol. The van der Waals surface area contributed by atoms with Crippen molar-refractivity contribution >= 4 is 12.1 Å². The quantitative estimate of drug-likeness (QED) is 0.454. The van der Waals surface area contributed by atoms with Crippen LogP contribution in [-0.4, -0.2) is 17.2 Å². The smallest absolute Gasteiger partial charge is 0.271 e. The molecule has 1 atom stereocenters. The number of nitrogens with zero attached hydrogens (tertiary/aromatic N) is 1. The molecule has 1 amide bonds. The molecule has 0 bridgehead atoms. The van der Waals surface area contributed by atoms with Crippen LogP contribution in [0.4, 0.5) is 0 Å². The number of hydrogen-bond acceptors (Lipinski definition) is 3. The molecule has 0 fully saturated rings. The van der Waals surface area contributed by atoms with Crippen LogP contribution in [0.25, 0.3) is 0 Å². The summed E-state index contributed by atoms with van der Waals surface area (Å²) in [5, 5.41) is 13.1. The van der Waals surface area contributed by atoms with Crippen LogP contribution in [0.5, 0.6) is 5.75 Å². The van der Waals surface area contributed by atoms with E-state index < -0.39 is 0 Å². The van der Waals surface area contributed by atoms with Gasteiger partial charge in [-0.2, -0.15) is 5.10 Å². The topological polar surface area (TPSA) is 61.7 Å². The first-order valence-corrected chi connectivity index (χ1v) is 7.23. The molecular formula is C17H24N2O2. The van der Waals surface area contributed by atoms with Gasteiger partial charge in [0.15, 0.2) is 0 Å². The number of aromatic hydroxyl groups is 1. The summed E-state index contributed by atoms with van der Waals surface area (Å²) in [6.07, 6.45) is 7.01. The van der Waals surface area contributed by atoms with Crippen LogP contribution in [0.2, 0.25) is 0 Å². The molecule has 114 valence electrons. The zero-order chi connectivity index (χ0) is 15.7. The standard InChI is InChI=1S/C17H24N2O2/c1-13(2)5-4-6-14(3)11-12-18-19-17(21)15-7-9-16(20)10-8-15/h5,7-10,12,14,20H,4,6,11H2,1-3H3,(H,19,21)/b18-12-/t14-/m0/s1. The summed E-state index contributed by atoms with van der Waals surface area (Å²) in [6, 6.07) is 6.07. The van der Waals surface area contributed by atoms with Crippen LogP contribution in [0.1, 0.15) is 50.4 Å². The van der Waals surface area contributed by atoms with Crippen molar-refractivity contribution in [1.29, 1.82) is 0 Å². The lowest BCUT2D eigenvalue weighted by Gasteiger charge is -2.06. The molecule has 21 heavy (non-hydrogen) atoms. The molecule has 0 unspecified atom stereocenters. The Bertz CT molecular complexity index is 500. The van der Waals surface area contributed by atoms with E-state index in [1.165, 1.54) is 17.7 Å². The number of phenolic OH excluding ortho intramolecular Hbond substituents is 1. The Balaban J connectivity index is 2.29. The molecule has 0 saturated carbocycles. The van der Waals surface area contributed by atoms with Gasteiger partial charge in [0.1, 0.15) is 5.75 Å². The Morgan fingerprint density at radius 1 is 1.33 bits per heavy atom. The lowest BCUT2D eigenvalue weighted by molar-refractivity contribution is 0.0955. The van der Waals surface area contributed by atoms with Gasteiger partial charge in [-0.25, -0.2) is 5.43 Å². The van der Waals surface area contributed by atoms with E-state index in [0.717, 1.165) is 19.3 Å². The molecule has 1 aromatic rings. The minimum Gasteiger partial charge on any atom is -0.508 e. The number of hydrogen-bond donors (Lipinski definition) is 2. The highest BCUT2D eigenvalue weighted by atomic mass is 16.3. The highest BCUT2D eigenvalue weighted by Crippen LogP contribution is 2.11. The Labute approximate surface area is 126 Å². The molecule has 4 heteroatoms. The third-order valence-electron chi connectivity index (χ3n) is 3.11. The van der Waals surface area contributed by atoms with E-state index in [2.05, 4.69) is 37.4 Å². The number of rotatable bonds is 7. The second-order valence-electron chi connectivity index (χ2n) is 5.50. The molecule has 0 heterocycles. The SMILES string of the molecule is CC(C)=CCC[C@H](C)C/C=N\NC(=O)c1ccc(O)cc1. The Kier molecular flexibility index (Phi) is 7.23. The number of phenols is 1. The number of nitrogens with one attached hydrogen (secondary N) is 1. The van der Waals surface area contributed by atoms with Gasteiger partial charge in [0, 0.05) is 11.8 Å². The van der Waals surface area contributed by atoms with Crippen molar-refractivity contribution < 1.29 is 9.90 Å². The number of hydrazone groups is 1. The van der Waals surface area contributed by atoms with Gasteiger partial charge in [-0.05, 0) is 63.3 Å². The summed E-state index contributed by atoms with van der Waals surface area (Å²) in [5.74, 6) is 0.401. The first-order chi connectivity index (χ1) is 9.99. The third kappa shape index (κ3) is 7.30. The molecule has 0 saturated heterocycles. The van der Waals surface area contributed by atoms with E-state index in [-0.39, 0.29) is 11.7 Å². The van der Waals surface area contributed by atoms with Crippen molar-refractivity contribution in [2.75, 3.05) is 0 Å². The maximum absolute atomic E-state index is 11.7. The van der Waals surface area contributed by atoms with Crippen molar-refractivity contribution in [3.8, 4) is 5.75 Å². The van der Waals surface area contributed by atoms with Gasteiger partial charge < -0.3 is 5.11 Å². The molecule has 0 aliphatic heterocycles. The average molecular weight is 288 g/mol. The second kappa shape index (κ2) is 8.95. The van der Waals surface area contributed by atoms with Crippen LogP contribution in [-0.2, 0) is 0 Å². The van der Waals surface area contributed by atoms with Crippen molar-refractivity contribution in [2.24, 2.45) is 11.0 Å². The number of amides is 1. The summed E-state index contributed by atoms with van der Waals surface area (Å²) < 4.78 is 0. The molecular weight excluding hydrogens is 264 g/mol. The van der Waals surface area contributed by atoms with E-state index in [1.807, 2.05) is 0 Å². The lowest BCUT2D eigenvalue weighted by Crippen LogP contribution is -2.17. The summed E-state index contributed by atoms with van der Waals surface area (Å²) in [6.45, 7) is 6.38. The fourth-order valence-electron chi connectivity index (χ4n) is 1.79. The molecule has 1 aromatic carbocycles. The number of carbonyl (C=O) groups excluding carboxylic acids is 1. The van der Waals surface area contributed by atoms with Crippen molar-refractivity contribution in [2.45, 2.75) is 40.0 Å². The van der Waals surface area contributed by atoms with Crippen molar-refractivity contribution in [3.05, 3.63) is 41.5 Å². The summed E-state index contributed by atoms with van der Waals surface area (Å²) in [4.78, 5) is 11.7. The molecule has 2 N–H and O–H groups in total. The molecule has 0 aromatic heterocycles. The van der Waals surface area contributed by atoms with Crippen molar-refractivity contribution in [3.63, 3.8) is 0 Å². The van der Waals surface area contributed by atoms with E-state index in [4.69, 9.17) is 5.11 Å². The maximum atomic E-state index is 11.7. The average Bonchev–Trinajstić information content (AvgIpc) is 2.43. The van der Waals surface area contributed by atoms with Gasteiger partial charge in [0.25, 0.3) is 5.91 Å². The molecule has 4 nitrogen and oxygen atoms in total. The van der Waals surface area contributed by atoms with Gasteiger partial charge in [0.2, 0.25) is 0 Å². The van der Waals surface area contributed by atoms with Crippen LogP contribution >= 0.6 is 0 Å². The maximum Gasteiger partial charge on any atom is 0.271 e. The van der Waals surface area contributed by atoms with Crippen LogP contribution in [0.3, 0.4) is 0 Å².